The fraction of sp³-hybridized carbons (Fsp3) is 0.562. The molecule has 0 bridgehead atoms. The number of halogens is 2. The minimum absolute atomic E-state index is 0.0233. The predicted octanol–water partition coefficient (Wildman–Crippen LogP) is 4.08. The van der Waals surface area contributed by atoms with Gasteiger partial charge in [-0.2, -0.15) is 0 Å². The molecule has 0 aromatic heterocycles. The largest absolute Gasteiger partial charge is 0.353 e. The van der Waals surface area contributed by atoms with Crippen molar-refractivity contribution in [2.45, 2.75) is 50.3 Å². The van der Waals surface area contributed by atoms with Gasteiger partial charge in [-0.05, 0) is 30.5 Å². The molecule has 3 nitrogen and oxygen atoms in total. The van der Waals surface area contributed by atoms with E-state index in [4.69, 9.17) is 23.2 Å². The molecule has 1 saturated carbocycles. The van der Waals surface area contributed by atoms with Crippen LogP contribution in [0.2, 0.25) is 10.0 Å². The van der Waals surface area contributed by atoms with Crippen molar-refractivity contribution >= 4 is 39.9 Å². The maximum atomic E-state index is 12.1. The van der Waals surface area contributed by atoms with Gasteiger partial charge in [0.25, 0.3) is 0 Å². The van der Waals surface area contributed by atoms with Gasteiger partial charge in [-0.1, -0.05) is 55.0 Å². The first-order valence-corrected chi connectivity index (χ1v) is 9.87. The van der Waals surface area contributed by atoms with E-state index in [2.05, 4.69) is 5.32 Å². The second kappa shape index (κ2) is 8.90. The van der Waals surface area contributed by atoms with Crippen molar-refractivity contribution in [2.75, 3.05) is 5.75 Å². The Bertz CT molecular complexity index is 543. The van der Waals surface area contributed by atoms with Gasteiger partial charge >= 0.3 is 0 Å². The third-order valence-electron chi connectivity index (χ3n) is 3.84. The standard InChI is InChI=1S/C16H21Cl2NO2S/c17-13-8-7-12(15(18)9-13)10-22(21)11-16(20)19-14-5-3-1-2-4-6-14/h7-9,14H,1-6,10-11H2,(H,19,20). The van der Waals surface area contributed by atoms with Crippen LogP contribution in [0, 0.1) is 0 Å². The fourth-order valence-corrected chi connectivity index (χ4v) is 4.33. The summed E-state index contributed by atoms with van der Waals surface area (Å²) >= 11 is 11.9. The van der Waals surface area contributed by atoms with Crippen LogP contribution in [0.3, 0.4) is 0 Å². The SMILES string of the molecule is O=C(CS(=O)Cc1ccc(Cl)cc1Cl)NC1CCCCCC1. The van der Waals surface area contributed by atoms with Gasteiger partial charge in [-0.25, -0.2) is 0 Å². The summed E-state index contributed by atoms with van der Waals surface area (Å²) in [5.41, 5.74) is 0.756. The first kappa shape index (κ1) is 17.8. The summed E-state index contributed by atoms with van der Waals surface area (Å²) in [6.45, 7) is 0. The van der Waals surface area contributed by atoms with E-state index >= 15 is 0 Å². The summed E-state index contributed by atoms with van der Waals surface area (Å²) in [6, 6.07) is 5.34. The summed E-state index contributed by atoms with van der Waals surface area (Å²) in [5.74, 6) is 0.166. The number of rotatable bonds is 5. The molecule has 2 rings (SSSR count). The Morgan fingerprint density at radius 2 is 1.86 bits per heavy atom. The average Bonchev–Trinajstić information content (AvgIpc) is 2.70. The molecule has 1 N–H and O–H groups in total. The number of hydrogen-bond donors (Lipinski definition) is 1. The van der Waals surface area contributed by atoms with Crippen LogP contribution in [-0.4, -0.2) is 21.9 Å². The molecule has 0 aliphatic heterocycles. The first-order valence-electron chi connectivity index (χ1n) is 7.63. The zero-order valence-corrected chi connectivity index (χ0v) is 14.8. The van der Waals surface area contributed by atoms with Gasteiger partial charge in [-0.15, -0.1) is 0 Å². The molecule has 122 valence electrons. The van der Waals surface area contributed by atoms with E-state index in [1.165, 1.54) is 12.8 Å². The third kappa shape index (κ3) is 5.90. The highest BCUT2D eigenvalue weighted by molar-refractivity contribution is 7.84. The van der Waals surface area contributed by atoms with Crippen molar-refractivity contribution in [1.29, 1.82) is 0 Å². The summed E-state index contributed by atoms with van der Waals surface area (Å²) in [6.07, 6.45) is 6.87. The number of carbonyl (C=O) groups is 1. The maximum Gasteiger partial charge on any atom is 0.232 e. The molecule has 1 fully saturated rings. The minimum atomic E-state index is -1.27. The average molecular weight is 362 g/mol. The molecular formula is C16H21Cl2NO2S. The highest BCUT2D eigenvalue weighted by Crippen LogP contribution is 2.22. The van der Waals surface area contributed by atoms with Crippen LogP contribution in [0.15, 0.2) is 18.2 Å². The topological polar surface area (TPSA) is 46.2 Å². The highest BCUT2D eigenvalue weighted by atomic mass is 35.5. The molecule has 22 heavy (non-hydrogen) atoms. The van der Waals surface area contributed by atoms with Crippen LogP contribution in [0.1, 0.15) is 44.1 Å². The zero-order chi connectivity index (χ0) is 15.9. The summed E-state index contributed by atoms with van der Waals surface area (Å²) < 4.78 is 12.1. The lowest BCUT2D eigenvalue weighted by molar-refractivity contribution is -0.119. The van der Waals surface area contributed by atoms with Gasteiger partial charge in [-0.3, -0.25) is 9.00 Å². The van der Waals surface area contributed by atoms with Crippen LogP contribution in [0.4, 0.5) is 0 Å². The van der Waals surface area contributed by atoms with Crippen molar-refractivity contribution in [3.63, 3.8) is 0 Å². The normalized spacial score (nSPS) is 17.7. The number of amides is 1. The molecule has 0 spiro atoms. The van der Waals surface area contributed by atoms with Crippen molar-refractivity contribution in [3.8, 4) is 0 Å². The van der Waals surface area contributed by atoms with Gasteiger partial charge in [0.05, 0.1) is 5.75 Å². The van der Waals surface area contributed by atoms with Gasteiger partial charge < -0.3 is 5.32 Å². The van der Waals surface area contributed by atoms with Crippen LogP contribution < -0.4 is 5.32 Å². The predicted molar refractivity (Wildman–Crippen MR) is 92.8 cm³/mol. The highest BCUT2D eigenvalue weighted by Gasteiger charge is 2.17. The molecular weight excluding hydrogens is 341 g/mol. The Hall–Kier alpha value is -0.580. The molecule has 1 aromatic carbocycles. The lowest BCUT2D eigenvalue weighted by Gasteiger charge is -2.16. The van der Waals surface area contributed by atoms with E-state index in [0.29, 0.717) is 10.0 Å². The third-order valence-corrected chi connectivity index (χ3v) is 5.65. The van der Waals surface area contributed by atoms with Crippen LogP contribution in [0.25, 0.3) is 0 Å². The van der Waals surface area contributed by atoms with Crippen LogP contribution >= 0.6 is 23.2 Å². The van der Waals surface area contributed by atoms with Gasteiger partial charge in [0.1, 0.15) is 5.75 Å². The van der Waals surface area contributed by atoms with Crippen LogP contribution in [-0.2, 0) is 21.3 Å². The summed E-state index contributed by atoms with van der Waals surface area (Å²) in [7, 11) is -1.27. The Labute approximate surface area is 144 Å². The number of benzene rings is 1. The number of carbonyl (C=O) groups excluding carboxylic acids is 1. The smallest absolute Gasteiger partial charge is 0.232 e. The summed E-state index contributed by atoms with van der Waals surface area (Å²) in [4.78, 5) is 12.0. The lowest BCUT2D eigenvalue weighted by atomic mass is 10.1. The van der Waals surface area contributed by atoms with E-state index < -0.39 is 10.8 Å². The molecule has 6 heteroatoms. The quantitative estimate of drug-likeness (QED) is 0.803. The Morgan fingerprint density at radius 3 is 2.50 bits per heavy atom. The second-order valence-electron chi connectivity index (χ2n) is 5.72. The fourth-order valence-electron chi connectivity index (χ4n) is 2.70. The zero-order valence-electron chi connectivity index (χ0n) is 12.4. The van der Waals surface area contributed by atoms with E-state index in [1.54, 1.807) is 18.2 Å². The molecule has 0 heterocycles. The van der Waals surface area contributed by atoms with Crippen molar-refractivity contribution in [2.24, 2.45) is 0 Å². The Balaban J connectivity index is 1.81. The molecule has 1 atom stereocenters. The Kier molecular flexibility index (Phi) is 7.19. The first-order chi connectivity index (χ1) is 10.5. The van der Waals surface area contributed by atoms with Crippen LogP contribution in [0.5, 0.6) is 0 Å². The summed E-state index contributed by atoms with van der Waals surface area (Å²) in [5, 5.41) is 4.05. The van der Waals surface area contributed by atoms with E-state index in [0.717, 1.165) is 31.2 Å². The molecule has 1 aliphatic rings. The van der Waals surface area contributed by atoms with Crippen molar-refractivity contribution in [3.05, 3.63) is 33.8 Å². The van der Waals surface area contributed by atoms with Crippen molar-refractivity contribution < 1.29 is 9.00 Å². The van der Waals surface area contributed by atoms with Gasteiger partial charge in [0, 0.05) is 26.9 Å². The van der Waals surface area contributed by atoms with Gasteiger partial charge in [0.15, 0.2) is 0 Å². The molecule has 0 saturated heterocycles. The van der Waals surface area contributed by atoms with Crippen molar-refractivity contribution in [1.82, 2.24) is 5.32 Å². The number of hydrogen-bond acceptors (Lipinski definition) is 2. The number of nitrogens with one attached hydrogen (secondary N) is 1. The second-order valence-corrected chi connectivity index (χ2v) is 8.02. The maximum absolute atomic E-state index is 12.1. The molecule has 1 aliphatic carbocycles. The minimum Gasteiger partial charge on any atom is -0.353 e. The molecule has 0 radical (unpaired) electrons. The molecule has 1 unspecified atom stereocenters. The van der Waals surface area contributed by atoms with E-state index in [1.807, 2.05) is 0 Å². The van der Waals surface area contributed by atoms with Gasteiger partial charge in [0.2, 0.25) is 5.91 Å². The molecule has 1 aromatic rings. The van der Waals surface area contributed by atoms with E-state index in [9.17, 15) is 9.00 Å². The Morgan fingerprint density at radius 1 is 1.18 bits per heavy atom. The van der Waals surface area contributed by atoms with E-state index in [-0.39, 0.29) is 23.5 Å². The monoisotopic (exact) mass is 361 g/mol. The molecule has 1 amide bonds. The lowest BCUT2D eigenvalue weighted by Crippen LogP contribution is -2.37.